The van der Waals surface area contributed by atoms with Crippen molar-refractivity contribution in [2.75, 3.05) is 11.9 Å². The summed E-state index contributed by atoms with van der Waals surface area (Å²) in [6, 6.07) is 10.5. The fourth-order valence-corrected chi connectivity index (χ4v) is 2.45. The molecule has 0 heterocycles. The van der Waals surface area contributed by atoms with Crippen LogP contribution in [0.15, 0.2) is 42.5 Å². The van der Waals surface area contributed by atoms with Crippen LogP contribution in [0.2, 0.25) is 0 Å². The average molecular weight is 399 g/mol. The summed E-state index contributed by atoms with van der Waals surface area (Å²) in [6.07, 6.45) is 0.793. The van der Waals surface area contributed by atoms with E-state index in [0.29, 0.717) is 11.3 Å². The summed E-state index contributed by atoms with van der Waals surface area (Å²) in [5.41, 5.74) is 0.489. The maximum atomic E-state index is 12.4. The normalized spacial score (nSPS) is 10.9. The molecule has 0 aromatic heterocycles. The van der Waals surface area contributed by atoms with Crippen molar-refractivity contribution in [3.63, 3.8) is 0 Å². The number of amides is 2. The highest BCUT2D eigenvalue weighted by Gasteiger charge is 2.20. The highest BCUT2D eigenvalue weighted by molar-refractivity contribution is 6.05. The monoisotopic (exact) mass is 399 g/mol. The lowest BCUT2D eigenvalue weighted by atomic mass is 10.0. The van der Waals surface area contributed by atoms with Crippen molar-refractivity contribution in [3.8, 4) is 5.75 Å². The molecule has 8 nitrogen and oxygen atoms in total. The van der Waals surface area contributed by atoms with Crippen molar-refractivity contribution in [1.29, 1.82) is 0 Å². The second kappa shape index (κ2) is 9.18. The van der Waals surface area contributed by atoms with E-state index in [0.717, 1.165) is 6.42 Å². The molecule has 0 atom stereocenters. The largest absolute Gasteiger partial charge is 0.487 e. The average Bonchev–Trinajstić information content (AvgIpc) is 2.68. The summed E-state index contributed by atoms with van der Waals surface area (Å²) in [6.45, 7) is 7.87. The number of nitrogens with one attached hydrogen (secondary N) is 2. The lowest BCUT2D eigenvalue weighted by molar-refractivity contribution is -0.385. The lowest BCUT2D eigenvalue weighted by Crippen LogP contribution is -2.42. The van der Waals surface area contributed by atoms with E-state index in [9.17, 15) is 19.7 Å². The first-order valence-electron chi connectivity index (χ1n) is 9.32. The number of hydrogen-bond donors (Lipinski definition) is 2. The maximum absolute atomic E-state index is 12.4. The van der Waals surface area contributed by atoms with Gasteiger partial charge in [-0.25, -0.2) is 0 Å². The standard InChI is InChI=1S/C21H25N3O5/c1-5-21(3,4)23-20(26)14-7-10-16(11-8-14)22-19(25)15-9-12-18(29-6-2)17(13-15)24(27)28/h7-13H,5-6H2,1-4H3,(H,22,25)(H,23,26). The molecule has 2 N–H and O–H groups in total. The van der Waals surface area contributed by atoms with E-state index in [4.69, 9.17) is 4.74 Å². The van der Waals surface area contributed by atoms with Gasteiger partial charge in [-0.15, -0.1) is 0 Å². The number of ether oxygens (including phenoxy) is 1. The Labute approximate surface area is 169 Å². The van der Waals surface area contributed by atoms with Gasteiger partial charge in [0, 0.05) is 28.4 Å². The molecule has 0 saturated heterocycles. The van der Waals surface area contributed by atoms with Gasteiger partial charge in [0.2, 0.25) is 0 Å². The van der Waals surface area contributed by atoms with E-state index in [1.54, 1.807) is 31.2 Å². The van der Waals surface area contributed by atoms with Gasteiger partial charge in [0.25, 0.3) is 11.8 Å². The highest BCUT2D eigenvalue weighted by Crippen LogP contribution is 2.28. The van der Waals surface area contributed by atoms with Gasteiger partial charge in [-0.05, 0) is 63.6 Å². The highest BCUT2D eigenvalue weighted by atomic mass is 16.6. The van der Waals surface area contributed by atoms with Gasteiger partial charge < -0.3 is 15.4 Å². The van der Waals surface area contributed by atoms with Crippen molar-refractivity contribution in [2.45, 2.75) is 39.7 Å². The van der Waals surface area contributed by atoms with E-state index >= 15 is 0 Å². The number of benzene rings is 2. The number of nitro benzene ring substituents is 1. The molecule has 0 radical (unpaired) electrons. The number of rotatable bonds is 8. The first kappa shape index (κ1) is 21.9. The second-order valence-electron chi connectivity index (χ2n) is 7.10. The Morgan fingerprint density at radius 3 is 2.21 bits per heavy atom. The summed E-state index contributed by atoms with van der Waals surface area (Å²) >= 11 is 0. The second-order valence-corrected chi connectivity index (χ2v) is 7.10. The molecule has 29 heavy (non-hydrogen) atoms. The number of nitrogens with zero attached hydrogens (tertiary/aromatic N) is 1. The zero-order chi connectivity index (χ0) is 21.6. The molecule has 0 spiro atoms. The van der Waals surface area contributed by atoms with Crippen LogP contribution in [0.1, 0.15) is 54.8 Å². The van der Waals surface area contributed by atoms with Gasteiger partial charge in [-0.1, -0.05) is 6.92 Å². The molecule has 2 aromatic rings. The number of carbonyl (C=O) groups is 2. The van der Waals surface area contributed by atoms with E-state index in [1.165, 1.54) is 18.2 Å². The molecular formula is C21H25N3O5. The third-order valence-corrected chi connectivity index (χ3v) is 4.46. The quantitative estimate of drug-likeness (QED) is 0.511. The van der Waals surface area contributed by atoms with Crippen molar-refractivity contribution in [2.24, 2.45) is 0 Å². The van der Waals surface area contributed by atoms with Crippen molar-refractivity contribution >= 4 is 23.2 Å². The van der Waals surface area contributed by atoms with Crippen LogP contribution in [0.5, 0.6) is 5.75 Å². The van der Waals surface area contributed by atoms with E-state index < -0.39 is 10.8 Å². The summed E-state index contributed by atoms with van der Waals surface area (Å²) in [7, 11) is 0. The fourth-order valence-electron chi connectivity index (χ4n) is 2.45. The third kappa shape index (κ3) is 5.78. The Morgan fingerprint density at radius 2 is 1.66 bits per heavy atom. The smallest absolute Gasteiger partial charge is 0.311 e. The Balaban J connectivity index is 2.12. The van der Waals surface area contributed by atoms with Crippen LogP contribution < -0.4 is 15.4 Å². The zero-order valence-electron chi connectivity index (χ0n) is 16.9. The van der Waals surface area contributed by atoms with Crippen molar-refractivity contribution in [3.05, 3.63) is 63.7 Å². The van der Waals surface area contributed by atoms with E-state index in [2.05, 4.69) is 10.6 Å². The summed E-state index contributed by atoms with van der Waals surface area (Å²) in [5.74, 6) is -0.586. The van der Waals surface area contributed by atoms with Gasteiger partial charge in [0.1, 0.15) is 0 Å². The minimum absolute atomic E-state index is 0.111. The predicted molar refractivity (Wildman–Crippen MR) is 110 cm³/mol. The van der Waals surface area contributed by atoms with Gasteiger partial charge in [0.15, 0.2) is 5.75 Å². The Kier molecular flexibility index (Phi) is 6.93. The molecule has 0 unspecified atom stereocenters. The Bertz CT molecular complexity index is 907. The third-order valence-electron chi connectivity index (χ3n) is 4.46. The van der Waals surface area contributed by atoms with Gasteiger partial charge >= 0.3 is 5.69 Å². The Hall–Kier alpha value is -3.42. The SMILES string of the molecule is CCOc1ccc(C(=O)Nc2ccc(C(=O)NC(C)(C)CC)cc2)cc1[N+](=O)[O-]. The molecule has 0 aliphatic heterocycles. The first-order chi connectivity index (χ1) is 13.7. The lowest BCUT2D eigenvalue weighted by Gasteiger charge is -2.24. The van der Waals surface area contributed by atoms with Gasteiger partial charge in [-0.3, -0.25) is 19.7 Å². The van der Waals surface area contributed by atoms with Crippen LogP contribution in [-0.4, -0.2) is 28.9 Å². The number of nitro groups is 1. The topological polar surface area (TPSA) is 111 Å². The van der Waals surface area contributed by atoms with Crippen LogP contribution in [0, 0.1) is 10.1 Å². The molecule has 0 bridgehead atoms. The van der Waals surface area contributed by atoms with E-state index in [-0.39, 0.29) is 35.1 Å². The van der Waals surface area contributed by atoms with E-state index in [1.807, 2.05) is 20.8 Å². The van der Waals surface area contributed by atoms with Crippen LogP contribution in [0.25, 0.3) is 0 Å². The van der Waals surface area contributed by atoms with Crippen LogP contribution in [-0.2, 0) is 0 Å². The minimum Gasteiger partial charge on any atom is -0.487 e. The summed E-state index contributed by atoms with van der Waals surface area (Å²) in [5, 5.41) is 16.8. The molecule has 2 aromatic carbocycles. The molecule has 0 fully saturated rings. The molecule has 8 heteroatoms. The van der Waals surface area contributed by atoms with Crippen LogP contribution in [0.3, 0.4) is 0 Å². The number of carbonyl (C=O) groups excluding carboxylic acids is 2. The minimum atomic E-state index is -0.590. The molecule has 0 aliphatic carbocycles. The predicted octanol–water partition coefficient (Wildman–Crippen LogP) is 4.16. The molecule has 0 saturated carbocycles. The first-order valence-corrected chi connectivity index (χ1v) is 9.32. The fraction of sp³-hybridized carbons (Fsp3) is 0.333. The number of anilines is 1. The summed E-state index contributed by atoms with van der Waals surface area (Å²) < 4.78 is 5.22. The molecule has 2 amide bonds. The van der Waals surface area contributed by atoms with Crippen molar-refractivity contribution in [1.82, 2.24) is 5.32 Å². The maximum Gasteiger partial charge on any atom is 0.311 e. The van der Waals surface area contributed by atoms with Crippen LogP contribution in [0.4, 0.5) is 11.4 Å². The molecule has 154 valence electrons. The van der Waals surface area contributed by atoms with Gasteiger partial charge in [-0.2, -0.15) is 0 Å². The van der Waals surface area contributed by atoms with Crippen molar-refractivity contribution < 1.29 is 19.2 Å². The van der Waals surface area contributed by atoms with Gasteiger partial charge in [0.05, 0.1) is 11.5 Å². The summed E-state index contributed by atoms with van der Waals surface area (Å²) in [4.78, 5) is 35.4. The van der Waals surface area contributed by atoms with Crippen LogP contribution >= 0.6 is 0 Å². The zero-order valence-corrected chi connectivity index (χ0v) is 16.9. The Morgan fingerprint density at radius 1 is 1.03 bits per heavy atom. The molecule has 0 aliphatic rings. The number of hydrogen-bond acceptors (Lipinski definition) is 5. The molecule has 2 rings (SSSR count). The molecular weight excluding hydrogens is 374 g/mol.